The van der Waals surface area contributed by atoms with E-state index in [2.05, 4.69) is 28.1 Å². The van der Waals surface area contributed by atoms with Gasteiger partial charge in [0.05, 0.1) is 12.8 Å². The molecular weight excluding hydrogens is 366 g/mol. The topological polar surface area (TPSA) is 33.5 Å². The highest BCUT2D eigenvalue weighted by molar-refractivity contribution is 9.10. The van der Waals surface area contributed by atoms with Gasteiger partial charge in [-0.25, -0.2) is 0 Å². The second-order valence-electron chi connectivity index (χ2n) is 5.55. The average Bonchev–Trinajstić information content (AvgIpc) is 3.12. The molecular formula is C20H18BrNO2. The minimum atomic E-state index is 0.00336. The van der Waals surface area contributed by atoms with Crippen LogP contribution in [0.4, 0.5) is 0 Å². The van der Waals surface area contributed by atoms with E-state index in [-0.39, 0.29) is 5.91 Å². The predicted molar refractivity (Wildman–Crippen MR) is 97.7 cm³/mol. The SMILES string of the molecule is O=C(c1cccc(Br)c1)N(CCc1ccccc1)Cc1ccco1. The van der Waals surface area contributed by atoms with Crippen molar-refractivity contribution in [2.75, 3.05) is 6.54 Å². The minimum absolute atomic E-state index is 0.00336. The Bertz CT molecular complexity index is 784. The lowest BCUT2D eigenvalue weighted by Crippen LogP contribution is -2.32. The van der Waals surface area contributed by atoms with Crippen molar-refractivity contribution in [1.82, 2.24) is 4.90 Å². The standard InChI is InChI=1S/C20H18BrNO2/c21-18-9-4-8-17(14-18)20(23)22(15-19-10-5-13-24-19)12-11-16-6-2-1-3-7-16/h1-10,13-14H,11-12,15H2. The average molecular weight is 384 g/mol. The molecule has 0 saturated heterocycles. The van der Waals surface area contributed by atoms with Crippen molar-refractivity contribution in [3.05, 3.63) is 94.4 Å². The summed E-state index contributed by atoms with van der Waals surface area (Å²) in [5.41, 5.74) is 1.88. The van der Waals surface area contributed by atoms with Gasteiger partial charge < -0.3 is 9.32 Å². The molecule has 24 heavy (non-hydrogen) atoms. The second-order valence-corrected chi connectivity index (χ2v) is 6.47. The zero-order valence-electron chi connectivity index (χ0n) is 13.2. The highest BCUT2D eigenvalue weighted by Crippen LogP contribution is 2.16. The van der Waals surface area contributed by atoms with E-state index in [4.69, 9.17) is 4.42 Å². The van der Waals surface area contributed by atoms with Gasteiger partial charge in [-0.1, -0.05) is 52.3 Å². The zero-order chi connectivity index (χ0) is 16.8. The minimum Gasteiger partial charge on any atom is -0.467 e. The third-order valence-corrected chi connectivity index (χ3v) is 4.29. The lowest BCUT2D eigenvalue weighted by molar-refractivity contribution is 0.0733. The van der Waals surface area contributed by atoms with Crippen molar-refractivity contribution >= 4 is 21.8 Å². The molecule has 3 rings (SSSR count). The first-order chi connectivity index (χ1) is 11.7. The monoisotopic (exact) mass is 383 g/mol. The second kappa shape index (κ2) is 7.97. The molecule has 1 aromatic heterocycles. The molecule has 122 valence electrons. The van der Waals surface area contributed by atoms with E-state index < -0.39 is 0 Å². The van der Waals surface area contributed by atoms with Crippen LogP contribution in [0.25, 0.3) is 0 Å². The molecule has 0 spiro atoms. The van der Waals surface area contributed by atoms with Crippen molar-refractivity contribution in [2.45, 2.75) is 13.0 Å². The molecule has 2 aromatic carbocycles. The zero-order valence-corrected chi connectivity index (χ0v) is 14.8. The summed E-state index contributed by atoms with van der Waals surface area (Å²) in [6.45, 7) is 1.10. The number of hydrogen-bond donors (Lipinski definition) is 0. The Labute approximate surface area is 150 Å². The summed E-state index contributed by atoms with van der Waals surface area (Å²) in [4.78, 5) is 14.7. The Morgan fingerprint density at radius 1 is 1.00 bits per heavy atom. The van der Waals surface area contributed by atoms with Gasteiger partial charge in [0.1, 0.15) is 5.76 Å². The van der Waals surface area contributed by atoms with Gasteiger partial charge in [0.2, 0.25) is 0 Å². The van der Waals surface area contributed by atoms with Crippen LogP contribution in [0.3, 0.4) is 0 Å². The van der Waals surface area contributed by atoms with Crippen molar-refractivity contribution in [2.24, 2.45) is 0 Å². The number of halogens is 1. The normalized spacial score (nSPS) is 10.5. The van der Waals surface area contributed by atoms with E-state index in [1.54, 1.807) is 6.26 Å². The molecule has 3 aromatic rings. The Hall–Kier alpha value is -2.33. The lowest BCUT2D eigenvalue weighted by atomic mass is 10.1. The molecule has 0 aliphatic carbocycles. The van der Waals surface area contributed by atoms with Crippen LogP contribution < -0.4 is 0 Å². The molecule has 0 aliphatic rings. The van der Waals surface area contributed by atoms with Gasteiger partial charge in [0.25, 0.3) is 5.91 Å². The smallest absolute Gasteiger partial charge is 0.254 e. The molecule has 0 N–H and O–H groups in total. The molecule has 0 aliphatic heterocycles. The molecule has 0 fully saturated rings. The maximum atomic E-state index is 12.9. The van der Waals surface area contributed by atoms with Gasteiger partial charge in [0.15, 0.2) is 0 Å². The maximum absolute atomic E-state index is 12.9. The molecule has 1 heterocycles. The van der Waals surface area contributed by atoms with Gasteiger partial charge in [0, 0.05) is 16.6 Å². The number of amides is 1. The van der Waals surface area contributed by atoms with Crippen LogP contribution in [-0.4, -0.2) is 17.4 Å². The molecule has 0 saturated carbocycles. The number of nitrogens with zero attached hydrogens (tertiary/aromatic N) is 1. The van der Waals surface area contributed by atoms with Crippen molar-refractivity contribution in [3.63, 3.8) is 0 Å². The lowest BCUT2D eigenvalue weighted by Gasteiger charge is -2.22. The Balaban J connectivity index is 1.77. The fourth-order valence-corrected chi connectivity index (χ4v) is 2.96. The van der Waals surface area contributed by atoms with Crippen molar-refractivity contribution in [1.29, 1.82) is 0 Å². The third kappa shape index (κ3) is 4.36. The van der Waals surface area contributed by atoms with Crippen LogP contribution in [0.15, 0.2) is 81.9 Å². The van der Waals surface area contributed by atoms with Crippen molar-refractivity contribution < 1.29 is 9.21 Å². The van der Waals surface area contributed by atoms with E-state index in [1.807, 2.05) is 59.5 Å². The van der Waals surface area contributed by atoms with E-state index in [0.717, 1.165) is 16.7 Å². The summed E-state index contributed by atoms with van der Waals surface area (Å²) >= 11 is 3.43. The largest absolute Gasteiger partial charge is 0.467 e. The highest BCUT2D eigenvalue weighted by atomic mass is 79.9. The van der Waals surface area contributed by atoms with Gasteiger partial charge in [-0.15, -0.1) is 0 Å². The maximum Gasteiger partial charge on any atom is 0.254 e. The van der Waals surface area contributed by atoms with Gasteiger partial charge in [-0.2, -0.15) is 0 Å². The van der Waals surface area contributed by atoms with E-state index in [9.17, 15) is 4.79 Å². The van der Waals surface area contributed by atoms with Crippen molar-refractivity contribution in [3.8, 4) is 0 Å². The Morgan fingerprint density at radius 2 is 1.83 bits per heavy atom. The number of carbonyl (C=O) groups is 1. The number of rotatable bonds is 6. The first kappa shape index (κ1) is 16.5. The molecule has 0 radical (unpaired) electrons. The summed E-state index contributed by atoms with van der Waals surface area (Å²) < 4.78 is 6.32. The van der Waals surface area contributed by atoms with E-state index >= 15 is 0 Å². The van der Waals surface area contributed by atoms with Crippen LogP contribution in [0.1, 0.15) is 21.7 Å². The van der Waals surface area contributed by atoms with Crippen LogP contribution in [-0.2, 0) is 13.0 Å². The first-order valence-electron chi connectivity index (χ1n) is 7.83. The quantitative estimate of drug-likeness (QED) is 0.604. The van der Waals surface area contributed by atoms with Crippen LogP contribution in [0.2, 0.25) is 0 Å². The summed E-state index contributed by atoms with van der Waals surface area (Å²) in [7, 11) is 0. The summed E-state index contributed by atoms with van der Waals surface area (Å²) in [5, 5.41) is 0. The van der Waals surface area contributed by atoms with Crippen LogP contribution in [0.5, 0.6) is 0 Å². The van der Waals surface area contributed by atoms with E-state index in [0.29, 0.717) is 18.7 Å². The molecule has 0 bridgehead atoms. The number of furan rings is 1. The van der Waals surface area contributed by atoms with Gasteiger partial charge >= 0.3 is 0 Å². The molecule has 0 atom stereocenters. The number of benzene rings is 2. The van der Waals surface area contributed by atoms with Crippen LogP contribution >= 0.6 is 15.9 Å². The summed E-state index contributed by atoms with van der Waals surface area (Å²) in [6, 6.07) is 21.4. The molecule has 4 heteroatoms. The number of hydrogen-bond acceptors (Lipinski definition) is 2. The first-order valence-corrected chi connectivity index (χ1v) is 8.63. The predicted octanol–water partition coefficient (Wildman–Crippen LogP) is 4.93. The fraction of sp³-hybridized carbons (Fsp3) is 0.150. The Kier molecular flexibility index (Phi) is 5.49. The summed E-state index contributed by atoms with van der Waals surface area (Å²) in [5.74, 6) is 0.787. The van der Waals surface area contributed by atoms with E-state index in [1.165, 1.54) is 5.56 Å². The van der Waals surface area contributed by atoms with Gasteiger partial charge in [-0.3, -0.25) is 4.79 Å². The highest BCUT2D eigenvalue weighted by Gasteiger charge is 2.17. The molecule has 0 unspecified atom stereocenters. The number of carbonyl (C=O) groups excluding carboxylic acids is 1. The third-order valence-electron chi connectivity index (χ3n) is 3.80. The molecule has 1 amide bonds. The molecule has 3 nitrogen and oxygen atoms in total. The fourth-order valence-electron chi connectivity index (χ4n) is 2.56. The Morgan fingerprint density at radius 3 is 2.54 bits per heavy atom. The van der Waals surface area contributed by atoms with Crippen LogP contribution in [0, 0.1) is 0 Å². The summed E-state index contributed by atoms with van der Waals surface area (Å²) in [6.07, 6.45) is 2.44. The van der Waals surface area contributed by atoms with Gasteiger partial charge in [-0.05, 0) is 42.3 Å².